The van der Waals surface area contributed by atoms with Crippen molar-refractivity contribution in [2.45, 2.75) is 6.92 Å². The van der Waals surface area contributed by atoms with Crippen molar-refractivity contribution >= 4 is 28.5 Å². The van der Waals surface area contributed by atoms with Gasteiger partial charge in [-0.15, -0.1) is 0 Å². The van der Waals surface area contributed by atoms with E-state index in [9.17, 15) is 4.79 Å². The summed E-state index contributed by atoms with van der Waals surface area (Å²) in [6.07, 6.45) is 3.18. The number of nitrogen functional groups attached to an aromatic ring is 1. The second-order valence-corrected chi connectivity index (χ2v) is 3.87. The predicted molar refractivity (Wildman–Crippen MR) is 74.0 cm³/mol. The minimum Gasteiger partial charge on any atom is -0.463 e. The van der Waals surface area contributed by atoms with E-state index in [0.717, 1.165) is 22.0 Å². The van der Waals surface area contributed by atoms with Crippen molar-refractivity contribution in [2.75, 3.05) is 12.3 Å². The van der Waals surface area contributed by atoms with Crippen LogP contribution in [-0.2, 0) is 9.53 Å². The van der Waals surface area contributed by atoms with Crippen LogP contribution in [0, 0.1) is 0 Å². The standard InChI is InChI=1S/C15H15NO2/c1-2-18-15(17)10-8-11-7-9-14(16)13-6-4-3-5-12(11)13/h3-10H,2,16H2,1H3. The van der Waals surface area contributed by atoms with Gasteiger partial charge in [0.25, 0.3) is 0 Å². The molecule has 2 aromatic carbocycles. The van der Waals surface area contributed by atoms with Crippen LogP contribution in [0.3, 0.4) is 0 Å². The van der Waals surface area contributed by atoms with Crippen LogP contribution in [0.2, 0.25) is 0 Å². The number of fused-ring (bicyclic) bond motifs is 1. The molecular formula is C15H15NO2. The van der Waals surface area contributed by atoms with Crippen LogP contribution in [-0.4, -0.2) is 12.6 Å². The Hall–Kier alpha value is -2.29. The third-order valence-corrected chi connectivity index (χ3v) is 2.68. The summed E-state index contributed by atoms with van der Waals surface area (Å²) in [4.78, 5) is 11.3. The van der Waals surface area contributed by atoms with Gasteiger partial charge in [-0.2, -0.15) is 0 Å². The summed E-state index contributed by atoms with van der Waals surface area (Å²) in [5.74, 6) is -0.335. The largest absolute Gasteiger partial charge is 0.463 e. The van der Waals surface area contributed by atoms with Crippen molar-refractivity contribution in [2.24, 2.45) is 0 Å². The predicted octanol–water partition coefficient (Wildman–Crippen LogP) is 3.00. The van der Waals surface area contributed by atoms with Crippen LogP contribution in [0.4, 0.5) is 5.69 Å². The maximum Gasteiger partial charge on any atom is 0.330 e. The molecule has 0 fully saturated rings. The number of carbonyl (C=O) groups is 1. The Morgan fingerprint density at radius 2 is 1.94 bits per heavy atom. The lowest BCUT2D eigenvalue weighted by atomic mass is 10.0. The SMILES string of the molecule is CCOC(=O)C=Cc1ccc(N)c2ccccc12. The van der Waals surface area contributed by atoms with E-state index in [0.29, 0.717) is 6.61 Å². The van der Waals surface area contributed by atoms with Crippen molar-refractivity contribution in [3.8, 4) is 0 Å². The van der Waals surface area contributed by atoms with E-state index in [1.165, 1.54) is 6.08 Å². The number of hydrogen-bond acceptors (Lipinski definition) is 3. The Labute approximate surface area is 106 Å². The fourth-order valence-electron chi connectivity index (χ4n) is 1.84. The number of esters is 1. The smallest absolute Gasteiger partial charge is 0.330 e. The summed E-state index contributed by atoms with van der Waals surface area (Å²) in [5.41, 5.74) is 7.60. The third-order valence-electron chi connectivity index (χ3n) is 2.68. The second kappa shape index (κ2) is 5.36. The van der Waals surface area contributed by atoms with E-state index < -0.39 is 0 Å². The minimum absolute atomic E-state index is 0.335. The van der Waals surface area contributed by atoms with Crippen molar-refractivity contribution in [3.63, 3.8) is 0 Å². The van der Waals surface area contributed by atoms with Gasteiger partial charge in [0.15, 0.2) is 0 Å². The molecule has 0 atom stereocenters. The molecule has 0 aliphatic rings. The van der Waals surface area contributed by atoms with Crippen molar-refractivity contribution in [1.82, 2.24) is 0 Å². The molecule has 0 saturated heterocycles. The summed E-state index contributed by atoms with van der Waals surface area (Å²) in [7, 11) is 0. The van der Waals surface area contributed by atoms with E-state index in [-0.39, 0.29) is 5.97 Å². The molecule has 0 radical (unpaired) electrons. The molecule has 2 rings (SSSR count). The van der Waals surface area contributed by atoms with Gasteiger partial charge in [-0.3, -0.25) is 0 Å². The second-order valence-electron chi connectivity index (χ2n) is 3.87. The number of nitrogens with two attached hydrogens (primary N) is 1. The number of carbonyl (C=O) groups excluding carboxylic acids is 1. The van der Waals surface area contributed by atoms with Gasteiger partial charge in [-0.1, -0.05) is 30.3 Å². The summed E-state index contributed by atoms with van der Waals surface area (Å²) >= 11 is 0. The first-order valence-corrected chi connectivity index (χ1v) is 5.84. The van der Waals surface area contributed by atoms with E-state index >= 15 is 0 Å². The average molecular weight is 241 g/mol. The molecule has 0 saturated carbocycles. The zero-order valence-corrected chi connectivity index (χ0v) is 10.2. The first-order chi connectivity index (χ1) is 8.72. The summed E-state index contributed by atoms with van der Waals surface area (Å²) in [6.45, 7) is 2.16. The van der Waals surface area contributed by atoms with Crippen LogP contribution in [0.25, 0.3) is 16.8 Å². The molecule has 0 aliphatic heterocycles. The lowest BCUT2D eigenvalue weighted by Crippen LogP contribution is -1.98. The van der Waals surface area contributed by atoms with Crippen LogP contribution in [0.5, 0.6) is 0 Å². The number of ether oxygens (including phenoxy) is 1. The summed E-state index contributed by atoms with van der Waals surface area (Å²) in [5, 5.41) is 2.02. The molecule has 3 nitrogen and oxygen atoms in total. The molecule has 0 spiro atoms. The molecule has 0 amide bonds. The molecule has 3 heteroatoms. The Balaban J connectivity index is 2.40. The zero-order chi connectivity index (χ0) is 13.0. The van der Waals surface area contributed by atoms with Gasteiger partial charge in [0.1, 0.15) is 0 Å². The van der Waals surface area contributed by atoms with Gasteiger partial charge >= 0.3 is 5.97 Å². The van der Waals surface area contributed by atoms with Crippen LogP contribution in [0.15, 0.2) is 42.5 Å². The quantitative estimate of drug-likeness (QED) is 0.510. The number of hydrogen-bond donors (Lipinski definition) is 1. The highest BCUT2D eigenvalue weighted by Gasteiger charge is 2.01. The molecule has 0 heterocycles. The van der Waals surface area contributed by atoms with Crippen molar-refractivity contribution in [1.29, 1.82) is 0 Å². The monoisotopic (exact) mass is 241 g/mol. The van der Waals surface area contributed by atoms with Gasteiger partial charge in [0.2, 0.25) is 0 Å². The average Bonchev–Trinajstić information content (AvgIpc) is 2.39. The summed E-state index contributed by atoms with van der Waals surface area (Å²) in [6, 6.07) is 11.6. The van der Waals surface area contributed by atoms with Gasteiger partial charge < -0.3 is 10.5 Å². The first-order valence-electron chi connectivity index (χ1n) is 5.84. The molecular weight excluding hydrogens is 226 g/mol. The molecule has 0 unspecified atom stereocenters. The van der Waals surface area contributed by atoms with E-state index in [2.05, 4.69) is 0 Å². The fourth-order valence-corrected chi connectivity index (χ4v) is 1.84. The third kappa shape index (κ3) is 2.51. The minimum atomic E-state index is -0.335. The summed E-state index contributed by atoms with van der Waals surface area (Å²) < 4.78 is 4.85. The fraction of sp³-hybridized carbons (Fsp3) is 0.133. The Kier molecular flexibility index (Phi) is 3.63. The van der Waals surface area contributed by atoms with Crippen molar-refractivity contribution in [3.05, 3.63) is 48.0 Å². The topological polar surface area (TPSA) is 52.3 Å². The Morgan fingerprint density at radius 3 is 2.67 bits per heavy atom. The lowest BCUT2D eigenvalue weighted by molar-refractivity contribution is -0.137. The maximum absolute atomic E-state index is 11.3. The van der Waals surface area contributed by atoms with Crippen molar-refractivity contribution < 1.29 is 9.53 Å². The van der Waals surface area contributed by atoms with Crippen LogP contribution >= 0.6 is 0 Å². The molecule has 2 aromatic rings. The maximum atomic E-state index is 11.3. The van der Waals surface area contributed by atoms with Gasteiger partial charge in [-0.05, 0) is 30.0 Å². The highest BCUT2D eigenvalue weighted by molar-refractivity contribution is 6.00. The number of rotatable bonds is 3. The number of anilines is 1. The highest BCUT2D eigenvalue weighted by atomic mass is 16.5. The van der Waals surface area contributed by atoms with E-state index in [1.54, 1.807) is 13.0 Å². The van der Waals surface area contributed by atoms with Gasteiger partial charge in [0, 0.05) is 17.1 Å². The molecule has 92 valence electrons. The molecule has 2 N–H and O–H groups in total. The Morgan fingerprint density at radius 1 is 1.22 bits per heavy atom. The zero-order valence-electron chi connectivity index (χ0n) is 10.2. The lowest BCUT2D eigenvalue weighted by Gasteiger charge is -2.05. The number of benzene rings is 2. The first kappa shape index (κ1) is 12.2. The molecule has 0 aliphatic carbocycles. The van der Waals surface area contributed by atoms with Crippen LogP contribution < -0.4 is 5.73 Å². The van der Waals surface area contributed by atoms with E-state index in [1.807, 2.05) is 36.4 Å². The van der Waals surface area contributed by atoms with Crippen LogP contribution in [0.1, 0.15) is 12.5 Å². The van der Waals surface area contributed by atoms with Gasteiger partial charge in [0.05, 0.1) is 6.61 Å². The highest BCUT2D eigenvalue weighted by Crippen LogP contribution is 2.25. The normalized spacial score (nSPS) is 10.9. The molecule has 18 heavy (non-hydrogen) atoms. The molecule has 0 aromatic heterocycles. The van der Waals surface area contributed by atoms with Gasteiger partial charge in [-0.25, -0.2) is 4.79 Å². The Bertz CT molecular complexity index is 602. The molecule has 0 bridgehead atoms. The van der Waals surface area contributed by atoms with E-state index in [4.69, 9.17) is 10.5 Å².